The Morgan fingerprint density at radius 1 is 1.64 bits per heavy atom. The molecule has 1 radical (unpaired) electrons. The highest BCUT2D eigenvalue weighted by atomic mass is 32.2. The van der Waals surface area contributed by atoms with E-state index in [1.165, 1.54) is 4.31 Å². The van der Waals surface area contributed by atoms with Crippen molar-refractivity contribution in [1.29, 1.82) is 0 Å². The summed E-state index contributed by atoms with van der Waals surface area (Å²) in [7, 11) is -2.98. The van der Waals surface area contributed by atoms with Gasteiger partial charge in [0.1, 0.15) is 0 Å². The average Bonchev–Trinajstić information content (AvgIpc) is 2.06. The molecule has 1 rings (SSSR count). The maximum Gasteiger partial charge on any atom is 0.214 e. The van der Waals surface area contributed by atoms with Crippen LogP contribution in [0.15, 0.2) is 0 Å². The molecule has 11 heavy (non-hydrogen) atoms. The predicted octanol–water partition coefficient (Wildman–Crippen LogP) is -0.597. The number of nitrogens with one attached hydrogen (secondary N) is 1. The van der Waals surface area contributed by atoms with Crippen LogP contribution in [0.1, 0.15) is 6.92 Å². The molecule has 4 nitrogen and oxygen atoms in total. The number of nitrogens with zero attached hydrogens (tertiary/aromatic N) is 1. The molecule has 0 atom stereocenters. The van der Waals surface area contributed by atoms with Crippen LogP contribution in [0.2, 0.25) is 0 Å². The third kappa shape index (κ3) is 2.15. The first-order valence-electron chi connectivity index (χ1n) is 3.70. The molecule has 0 spiro atoms. The van der Waals surface area contributed by atoms with Gasteiger partial charge in [0.05, 0.1) is 12.3 Å². The average molecular weight is 177 g/mol. The molecule has 0 bridgehead atoms. The summed E-state index contributed by atoms with van der Waals surface area (Å²) in [5, 5.41) is 3.05. The number of rotatable bonds is 2. The smallest absolute Gasteiger partial charge is 0.214 e. The Morgan fingerprint density at radius 3 is 2.82 bits per heavy atom. The van der Waals surface area contributed by atoms with E-state index in [2.05, 4.69) is 5.32 Å². The minimum absolute atomic E-state index is 0.184. The standard InChI is InChI=1S/C6H13N2O2S/c1-2-11(9,10)8-5-3-7-4-6-8/h5,7H,2-4,6H2,1H3. The van der Waals surface area contributed by atoms with E-state index in [0.717, 1.165) is 6.54 Å². The normalized spacial score (nSPS) is 21.9. The van der Waals surface area contributed by atoms with Gasteiger partial charge in [-0.3, -0.25) is 0 Å². The lowest BCUT2D eigenvalue weighted by atomic mass is 10.4. The minimum atomic E-state index is -2.98. The topological polar surface area (TPSA) is 49.4 Å². The summed E-state index contributed by atoms with van der Waals surface area (Å²) in [6.07, 6.45) is 0. The summed E-state index contributed by atoms with van der Waals surface area (Å²) < 4.78 is 23.9. The zero-order valence-corrected chi connectivity index (χ0v) is 7.39. The zero-order chi connectivity index (χ0) is 8.32. The summed E-state index contributed by atoms with van der Waals surface area (Å²) in [6, 6.07) is 0. The molecule has 65 valence electrons. The fourth-order valence-corrected chi connectivity index (χ4v) is 1.97. The summed E-state index contributed by atoms with van der Waals surface area (Å²) in [5.41, 5.74) is 0. The van der Waals surface area contributed by atoms with E-state index in [0.29, 0.717) is 13.1 Å². The van der Waals surface area contributed by atoms with Gasteiger partial charge in [-0.2, -0.15) is 4.31 Å². The van der Waals surface area contributed by atoms with Crippen LogP contribution >= 0.6 is 0 Å². The highest BCUT2D eigenvalue weighted by Gasteiger charge is 2.21. The first kappa shape index (κ1) is 8.96. The summed E-state index contributed by atoms with van der Waals surface area (Å²) >= 11 is 0. The van der Waals surface area contributed by atoms with Gasteiger partial charge in [0.25, 0.3) is 0 Å². The van der Waals surface area contributed by atoms with E-state index in [-0.39, 0.29) is 5.75 Å². The summed E-state index contributed by atoms with van der Waals surface area (Å²) in [6.45, 7) is 5.30. The number of hydrogen-bond acceptors (Lipinski definition) is 3. The Bertz CT molecular complexity index is 207. The Hall–Kier alpha value is -0.130. The number of hydrogen-bond donors (Lipinski definition) is 1. The van der Waals surface area contributed by atoms with E-state index < -0.39 is 10.0 Å². The van der Waals surface area contributed by atoms with Crippen molar-refractivity contribution in [3.05, 3.63) is 6.54 Å². The fourth-order valence-electron chi connectivity index (χ4n) is 0.967. The van der Waals surface area contributed by atoms with Crippen LogP contribution in [-0.4, -0.2) is 38.1 Å². The van der Waals surface area contributed by atoms with E-state index in [1.54, 1.807) is 13.5 Å². The van der Waals surface area contributed by atoms with Crippen LogP contribution in [0.4, 0.5) is 0 Å². The van der Waals surface area contributed by atoms with Crippen LogP contribution in [0.3, 0.4) is 0 Å². The second-order valence-corrected chi connectivity index (χ2v) is 4.61. The number of piperazine rings is 1. The van der Waals surface area contributed by atoms with Gasteiger partial charge in [-0.05, 0) is 6.92 Å². The molecule has 1 heterocycles. The van der Waals surface area contributed by atoms with Crippen LogP contribution in [-0.2, 0) is 10.0 Å². The molecule has 0 saturated carbocycles. The molecule has 0 aromatic carbocycles. The van der Waals surface area contributed by atoms with Crippen LogP contribution in [0.25, 0.3) is 0 Å². The van der Waals surface area contributed by atoms with Crippen molar-refractivity contribution in [3.63, 3.8) is 0 Å². The molecule has 5 heteroatoms. The molecule has 1 fully saturated rings. The van der Waals surface area contributed by atoms with Crippen molar-refractivity contribution in [3.8, 4) is 0 Å². The lowest BCUT2D eigenvalue weighted by Crippen LogP contribution is -2.43. The molecule has 1 N–H and O–H groups in total. The third-order valence-corrected chi connectivity index (χ3v) is 3.45. The second kappa shape index (κ2) is 3.51. The molecule has 0 aromatic heterocycles. The van der Waals surface area contributed by atoms with E-state index in [1.807, 2.05) is 0 Å². The monoisotopic (exact) mass is 177 g/mol. The second-order valence-electron chi connectivity index (χ2n) is 2.40. The first-order chi connectivity index (χ1) is 5.17. The van der Waals surface area contributed by atoms with Gasteiger partial charge in [-0.1, -0.05) is 0 Å². The SMILES string of the molecule is CCS(=O)(=O)N1[CH]CNCC1. The van der Waals surface area contributed by atoms with E-state index in [4.69, 9.17) is 0 Å². The maximum absolute atomic E-state index is 11.2. The van der Waals surface area contributed by atoms with Crippen LogP contribution in [0, 0.1) is 6.54 Å². The molecular weight excluding hydrogens is 164 g/mol. The Labute approximate surface area is 67.6 Å². The van der Waals surface area contributed by atoms with Crippen LogP contribution < -0.4 is 5.32 Å². The van der Waals surface area contributed by atoms with Crippen molar-refractivity contribution in [2.45, 2.75) is 6.92 Å². The fraction of sp³-hybridized carbons (Fsp3) is 0.833. The van der Waals surface area contributed by atoms with E-state index in [9.17, 15) is 8.42 Å². The van der Waals surface area contributed by atoms with Gasteiger partial charge in [-0.15, -0.1) is 0 Å². The van der Waals surface area contributed by atoms with Crippen molar-refractivity contribution in [2.75, 3.05) is 25.4 Å². The molecule has 0 aromatic rings. The molecule has 1 aliphatic heterocycles. The van der Waals surface area contributed by atoms with Gasteiger partial charge in [0.2, 0.25) is 10.0 Å². The van der Waals surface area contributed by atoms with Gasteiger partial charge < -0.3 is 5.32 Å². The lowest BCUT2D eigenvalue weighted by molar-refractivity contribution is 0.413. The predicted molar refractivity (Wildman–Crippen MR) is 43.3 cm³/mol. The van der Waals surface area contributed by atoms with Crippen molar-refractivity contribution < 1.29 is 8.42 Å². The minimum Gasteiger partial charge on any atom is -0.314 e. The number of sulfonamides is 1. The quantitative estimate of drug-likeness (QED) is 0.613. The largest absolute Gasteiger partial charge is 0.314 e. The van der Waals surface area contributed by atoms with Crippen molar-refractivity contribution in [2.24, 2.45) is 0 Å². The maximum atomic E-state index is 11.2. The zero-order valence-electron chi connectivity index (χ0n) is 6.58. The highest BCUT2D eigenvalue weighted by Crippen LogP contribution is 2.05. The Balaban J connectivity index is 2.58. The van der Waals surface area contributed by atoms with Gasteiger partial charge in [-0.25, -0.2) is 8.42 Å². The first-order valence-corrected chi connectivity index (χ1v) is 5.31. The molecule has 1 aliphatic rings. The van der Waals surface area contributed by atoms with Crippen molar-refractivity contribution in [1.82, 2.24) is 9.62 Å². The Morgan fingerprint density at radius 2 is 2.36 bits per heavy atom. The summed E-state index contributed by atoms with van der Waals surface area (Å²) in [5.74, 6) is 0.184. The molecular formula is C6H13N2O2S. The van der Waals surface area contributed by atoms with Gasteiger partial charge in [0, 0.05) is 19.6 Å². The summed E-state index contributed by atoms with van der Waals surface area (Å²) in [4.78, 5) is 0. The van der Waals surface area contributed by atoms with E-state index >= 15 is 0 Å². The molecule has 1 saturated heterocycles. The Kier molecular flexibility index (Phi) is 2.86. The van der Waals surface area contributed by atoms with Gasteiger partial charge in [0.15, 0.2) is 0 Å². The molecule has 0 aliphatic carbocycles. The third-order valence-electron chi connectivity index (χ3n) is 1.67. The van der Waals surface area contributed by atoms with Gasteiger partial charge >= 0.3 is 0 Å². The molecule has 0 unspecified atom stereocenters. The lowest BCUT2D eigenvalue weighted by Gasteiger charge is -2.25. The highest BCUT2D eigenvalue weighted by molar-refractivity contribution is 7.89. The van der Waals surface area contributed by atoms with Crippen molar-refractivity contribution >= 4 is 10.0 Å². The van der Waals surface area contributed by atoms with Crippen LogP contribution in [0.5, 0.6) is 0 Å². The molecule has 0 amide bonds.